The van der Waals surface area contributed by atoms with Gasteiger partial charge in [0.05, 0.1) is 0 Å². The molecule has 0 bridgehead atoms. The lowest BCUT2D eigenvalue weighted by Crippen LogP contribution is -2.24. The quantitative estimate of drug-likeness (QED) is 0.573. The van der Waals surface area contributed by atoms with Crippen molar-refractivity contribution < 1.29 is 4.79 Å². The fourth-order valence-corrected chi connectivity index (χ4v) is 1.45. The third-order valence-corrected chi connectivity index (χ3v) is 2.55. The van der Waals surface area contributed by atoms with Crippen LogP contribution >= 0.6 is 0 Å². The molecule has 1 aromatic rings. The minimum Gasteiger partial charge on any atom is -0.305 e. The molecule has 1 amide bonds. The van der Waals surface area contributed by atoms with Crippen LogP contribution in [0.5, 0.6) is 0 Å². The molecule has 0 saturated carbocycles. The third-order valence-electron chi connectivity index (χ3n) is 2.55. The van der Waals surface area contributed by atoms with Crippen molar-refractivity contribution >= 4 is 11.6 Å². The lowest BCUT2D eigenvalue weighted by Gasteiger charge is -2.13. The Morgan fingerprint density at radius 1 is 1.24 bits per heavy atom. The van der Waals surface area contributed by atoms with Gasteiger partial charge in [-0.05, 0) is 24.5 Å². The molecule has 0 aliphatic heterocycles. The summed E-state index contributed by atoms with van der Waals surface area (Å²) < 4.78 is 0. The van der Waals surface area contributed by atoms with Gasteiger partial charge in [0.1, 0.15) is 0 Å². The standard InChI is InChI=1S/C15H19NO/c1-3-4-5-6-10-13-15(17)16(2)14-11-8-7-9-12-14/h7-9,11-12H,3-6H2,1-2H3. The first-order valence-corrected chi connectivity index (χ1v) is 6.07. The molecule has 0 fully saturated rings. The predicted octanol–water partition coefficient (Wildman–Crippen LogP) is 3.23. The van der Waals surface area contributed by atoms with Crippen molar-refractivity contribution in [2.24, 2.45) is 0 Å². The van der Waals surface area contributed by atoms with E-state index in [2.05, 4.69) is 18.8 Å². The summed E-state index contributed by atoms with van der Waals surface area (Å²) in [6.45, 7) is 2.15. The van der Waals surface area contributed by atoms with E-state index >= 15 is 0 Å². The van der Waals surface area contributed by atoms with Crippen LogP contribution in [0.1, 0.15) is 32.6 Å². The molecule has 0 aliphatic rings. The van der Waals surface area contributed by atoms with Crippen LogP contribution in [0.25, 0.3) is 0 Å². The average molecular weight is 229 g/mol. The van der Waals surface area contributed by atoms with Gasteiger partial charge in [-0.1, -0.05) is 43.9 Å². The maximum atomic E-state index is 11.7. The lowest BCUT2D eigenvalue weighted by molar-refractivity contribution is -0.113. The molecule has 90 valence electrons. The highest BCUT2D eigenvalue weighted by Gasteiger charge is 2.06. The monoisotopic (exact) mass is 229 g/mol. The summed E-state index contributed by atoms with van der Waals surface area (Å²) in [4.78, 5) is 13.3. The normalized spacial score (nSPS) is 9.29. The first-order valence-electron chi connectivity index (χ1n) is 6.07. The second-order valence-electron chi connectivity index (χ2n) is 3.96. The smallest absolute Gasteiger partial charge is 0.302 e. The molecule has 0 saturated heterocycles. The van der Waals surface area contributed by atoms with E-state index in [0.29, 0.717) is 0 Å². The van der Waals surface area contributed by atoms with Gasteiger partial charge < -0.3 is 4.90 Å². The Morgan fingerprint density at radius 3 is 2.59 bits per heavy atom. The Kier molecular flexibility index (Phi) is 5.88. The Labute approximate surface area is 104 Å². The SMILES string of the molecule is CCCCCC#CC(=O)N(C)c1ccccc1. The van der Waals surface area contributed by atoms with E-state index in [1.54, 1.807) is 11.9 Å². The predicted molar refractivity (Wildman–Crippen MR) is 71.8 cm³/mol. The largest absolute Gasteiger partial charge is 0.305 e. The second-order valence-corrected chi connectivity index (χ2v) is 3.96. The van der Waals surface area contributed by atoms with Gasteiger partial charge in [-0.25, -0.2) is 0 Å². The van der Waals surface area contributed by atoms with Crippen LogP contribution in [0, 0.1) is 11.8 Å². The number of nitrogens with zero attached hydrogens (tertiary/aromatic N) is 1. The minimum absolute atomic E-state index is 0.146. The summed E-state index contributed by atoms with van der Waals surface area (Å²) >= 11 is 0. The average Bonchev–Trinajstić information content (AvgIpc) is 2.38. The van der Waals surface area contributed by atoms with Crippen LogP contribution in [-0.2, 0) is 4.79 Å². The highest BCUT2D eigenvalue weighted by molar-refractivity contribution is 6.05. The van der Waals surface area contributed by atoms with E-state index in [0.717, 1.165) is 18.5 Å². The fourth-order valence-electron chi connectivity index (χ4n) is 1.45. The van der Waals surface area contributed by atoms with Crippen molar-refractivity contribution in [1.29, 1.82) is 0 Å². The molecule has 0 radical (unpaired) electrons. The molecular weight excluding hydrogens is 210 g/mol. The minimum atomic E-state index is -0.146. The summed E-state index contributed by atoms with van der Waals surface area (Å²) in [5.41, 5.74) is 0.875. The van der Waals surface area contributed by atoms with Gasteiger partial charge in [0.15, 0.2) is 0 Å². The maximum absolute atomic E-state index is 11.7. The summed E-state index contributed by atoms with van der Waals surface area (Å²) in [6.07, 6.45) is 4.24. The molecule has 17 heavy (non-hydrogen) atoms. The highest BCUT2D eigenvalue weighted by Crippen LogP contribution is 2.10. The van der Waals surface area contributed by atoms with Crippen molar-refractivity contribution in [3.05, 3.63) is 30.3 Å². The molecular formula is C15H19NO. The molecule has 0 spiro atoms. The van der Waals surface area contributed by atoms with Gasteiger partial charge in [-0.2, -0.15) is 0 Å². The molecule has 0 aromatic heterocycles. The van der Waals surface area contributed by atoms with Crippen molar-refractivity contribution in [3.63, 3.8) is 0 Å². The highest BCUT2D eigenvalue weighted by atomic mass is 16.2. The molecule has 2 nitrogen and oxygen atoms in total. The molecule has 1 rings (SSSR count). The molecule has 0 unspecified atom stereocenters. The van der Waals surface area contributed by atoms with Gasteiger partial charge in [0.25, 0.3) is 0 Å². The summed E-state index contributed by atoms with van der Waals surface area (Å²) in [6, 6.07) is 9.55. The number of hydrogen-bond acceptors (Lipinski definition) is 1. The Hall–Kier alpha value is -1.75. The number of carbonyl (C=O) groups is 1. The lowest BCUT2D eigenvalue weighted by atomic mass is 10.2. The van der Waals surface area contributed by atoms with Gasteiger partial charge >= 0.3 is 5.91 Å². The molecule has 2 heteroatoms. The number of para-hydroxylation sites is 1. The van der Waals surface area contributed by atoms with Crippen LogP contribution < -0.4 is 4.90 Å². The summed E-state index contributed by atoms with van der Waals surface area (Å²) in [5, 5.41) is 0. The molecule has 0 heterocycles. The number of anilines is 1. The van der Waals surface area contributed by atoms with Crippen LogP contribution in [0.15, 0.2) is 30.3 Å². The number of benzene rings is 1. The Balaban J connectivity index is 2.47. The van der Waals surface area contributed by atoms with E-state index in [4.69, 9.17) is 0 Å². The zero-order valence-electron chi connectivity index (χ0n) is 10.6. The van der Waals surface area contributed by atoms with Crippen molar-refractivity contribution in [2.45, 2.75) is 32.6 Å². The van der Waals surface area contributed by atoms with Crippen LogP contribution in [-0.4, -0.2) is 13.0 Å². The van der Waals surface area contributed by atoms with E-state index in [-0.39, 0.29) is 5.91 Å². The Morgan fingerprint density at radius 2 is 1.94 bits per heavy atom. The van der Waals surface area contributed by atoms with E-state index in [1.807, 2.05) is 30.3 Å². The van der Waals surface area contributed by atoms with Gasteiger partial charge in [0, 0.05) is 19.2 Å². The maximum Gasteiger partial charge on any atom is 0.302 e. The van der Waals surface area contributed by atoms with Gasteiger partial charge in [-0.15, -0.1) is 0 Å². The second kappa shape index (κ2) is 7.51. The summed E-state index contributed by atoms with van der Waals surface area (Å²) in [7, 11) is 1.75. The van der Waals surface area contributed by atoms with E-state index in [1.165, 1.54) is 12.8 Å². The van der Waals surface area contributed by atoms with Crippen LogP contribution in [0.4, 0.5) is 5.69 Å². The van der Waals surface area contributed by atoms with Gasteiger partial charge in [-0.3, -0.25) is 4.79 Å². The van der Waals surface area contributed by atoms with Gasteiger partial charge in [0.2, 0.25) is 0 Å². The first-order chi connectivity index (χ1) is 8.25. The number of hydrogen-bond donors (Lipinski definition) is 0. The van der Waals surface area contributed by atoms with Crippen molar-refractivity contribution in [3.8, 4) is 11.8 Å². The Bertz CT molecular complexity index is 400. The first kappa shape index (κ1) is 13.3. The molecule has 0 N–H and O–H groups in total. The van der Waals surface area contributed by atoms with E-state index < -0.39 is 0 Å². The molecule has 0 aliphatic carbocycles. The fraction of sp³-hybridized carbons (Fsp3) is 0.400. The number of carbonyl (C=O) groups excluding carboxylic acids is 1. The number of amides is 1. The number of rotatable bonds is 4. The van der Waals surface area contributed by atoms with Crippen molar-refractivity contribution in [2.75, 3.05) is 11.9 Å². The molecule has 1 aromatic carbocycles. The zero-order chi connectivity index (χ0) is 12.5. The molecule has 0 atom stereocenters. The van der Waals surface area contributed by atoms with Crippen LogP contribution in [0.2, 0.25) is 0 Å². The zero-order valence-corrected chi connectivity index (χ0v) is 10.6. The van der Waals surface area contributed by atoms with E-state index in [9.17, 15) is 4.79 Å². The number of unbranched alkanes of at least 4 members (excludes halogenated alkanes) is 3. The topological polar surface area (TPSA) is 20.3 Å². The summed E-state index contributed by atoms with van der Waals surface area (Å²) in [5.74, 6) is 5.46. The van der Waals surface area contributed by atoms with Crippen LogP contribution in [0.3, 0.4) is 0 Å². The third kappa shape index (κ3) is 4.74. The van der Waals surface area contributed by atoms with Crippen molar-refractivity contribution in [1.82, 2.24) is 0 Å².